The minimum absolute atomic E-state index is 0.331. The Balaban J connectivity index is 2.35. The van der Waals surface area contributed by atoms with E-state index in [1.165, 1.54) is 10.9 Å². The standard InChI is InChI=1S/C18H26N2/c1-13(18(2,3)4)12-17(19-5)15-8-6-10-16-14(15)9-7-11-20-16/h6-11,13,17,19H,12H2,1-5H3. The lowest BCUT2D eigenvalue weighted by molar-refractivity contribution is 0.226. The summed E-state index contributed by atoms with van der Waals surface area (Å²) in [6.07, 6.45) is 2.99. The summed E-state index contributed by atoms with van der Waals surface area (Å²) in [4.78, 5) is 4.46. The number of benzene rings is 1. The molecule has 2 heteroatoms. The van der Waals surface area contributed by atoms with Crippen molar-refractivity contribution in [2.45, 2.75) is 40.2 Å². The van der Waals surface area contributed by atoms with Crippen molar-refractivity contribution in [3.8, 4) is 0 Å². The SMILES string of the molecule is CNC(CC(C)C(C)(C)C)c1cccc2ncccc12. The molecule has 1 N–H and O–H groups in total. The quantitative estimate of drug-likeness (QED) is 0.880. The molecule has 0 radical (unpaired) electrons. The van der Waals surface area contributed by atoms with Crippen LogP contribution in [0.5, 0.6) is 0 Å². The van der Waals surface area contributed by atoms with Crippen LogP contribution in [0, 0.1) is 11.3 Å². The molecule has 2 nitrogen and oxygen atoms in total. The highest BCUT2D eigenvalue weighted by Crippen LogP contribution is 2.34. The monoisotopic (exact) mass is 270 g/mol. The van der Waals surface area contributed by atoms with Gasteiger partial charge in [-0.15, -0.1) is 0 Å². The summed E-state index contributed by atoms with van der Waals surface area (Å²) in [6.45, 7) is 9.28. The van der Waals surface area contributed by atoms with Gasteiger partial charge in [0.05, 0.1) is 5.52 Å². The van der Waals surface area contributed by atoms with Crippen LogP contribution in [-0.2, 0) is 0 Å². The molecule has 0 saturated carbocycles. The Hall–Kier alpha value is -1.41. The molecular weight excluding hydrogens is 244 g/mol. The molecule has 1 heterocycles. The summed E-state index contributed by atoms with van der Waals surface area (Å²) in [5, 5.41) is 4.75. The maximum absolute atomic E-state index is 4.46. The van der Waals surface area contributed by atoms with Crippen molar-refractivity contribution in [3.05, 3.63) is 42.1 Å². The summed E-state index contributed by atoms with van der Waals surface area (Å²) in [7, 11) is 2.05. The van der Waals surface area contributed by atoms with Gasteiger partial charge in [-0.1, -0.05) is 45.9 Å². The molecule has 0 amide bonds. The van der Waals surface area contributed by atoms with Gasteiger partial charge in [-0.05, 0) is 42.5 Å². The lowest BCUT2D eigenvalue weighted by Crippen LogP contribution is -2.25. The van der Waals surface area contributed by atoms with E-state index >= 15 is 0 Å². The van der Waals surface area contributed by atoms with Crippen LogP contribution in [0.25, 0.3) is 10.9 Å². The molecule has 2 unspecified atom stereocenters. The Kier molecular flexibility index (Phi) is 4.44. The fraction of sp³-hybridized carbons (Fsp3) is 0.500. The van der Waals surface area contributed by atoms with E-state index in [1.54, 1.807) is 0 Å². The van der Waals surface area contributed by atoms with Gasteiger partial charge in [-0.3, -0.25) is 4.98 Å². The number of aromatic nitrogens is 1. The zero-order chi connectivity index (χ0) is 14.8. The van der Waals surface area contributed by atoms with Crippen molar-refractivity contribution >= 4 is 10.9 Å². The van der Waals surface area contributed by atoms with Crippen LogP contribution >= 0.6 is 0 Å². The summed E-state index contributed by atoms with van der Waals surface area (Å²) in [5.41, 5.74) is 2.76. The van der Waals surface area contributed by atoms with Gasteiger partial charge in [0.2, 0.25) is 0 Å². The third-order valence-electron chi connectivity index (χ3n) is 4.47. The van der Waals surface area contributed by atoms with Crippen LogP contribution in [0.3, 0.4) is 0 Å². The van der Waals surface area contributed by atoms with Crippen molar-refractivity contribution in [2.75, 3.05) is 7.05 Å². The summed E-state index contributed by atoms with van der Waals surface area (Å²) in [5.74, 6) is 0.645. The Bertz CT molecular complexity index is 564. The third kappa shape index (κ3) is 3.18. The molecule has 20 heavy (non-hydrogen) atoms. The second-order valence-electron chi connectivity index (χ2n) is 6.76. The number of hydrogen-bond acceptors (Lipinski definition) is 2. The molecule has 2 rings (SSSR count). The molecule has 0 saturated heterocycles. The van der Waals surface area contributed by atoms with E-state index in [2.05, 4.69) is 69.3 Å². The Labute approximate surface area is 122 Å². The highest BCUT2D eigenvalue weighted by Gasteiger charge is 2.24. The van der Waals surface area contributed by atoms with E-state index in [0.29, 0.717) is 17.4 Å². The van der Waals surface area contributed by atoms with Crippen LogP contribution in [-0.4, -0.2) is 12.0 Å². The maximum Gasteiger partial charge on any atom is 0.0705 e. The van der Waals surface area contributed by atoms with Gasteiger partial charge in [-0.25, -0.2) is 0 Å². The first-order chi connectivity index (χ1) is 9.43. The van der Waals surface area contributed by atoms with Crippen molar-refractivity contribution in [1.29, 1.82) is 0 Å². The molecule has 0 aliphatic heterocycles. The minimum Gasteiger partial charge on any atom is -0.313 e. The van der Waals surface area contributed by atoms with Gasteiger partial charge in [0.25, 0.3) is 0 Å². The fourth-order valence-electron chi connectivity index (χ4n) is 2.54. The van der Waals surface area contributed by atoms with E-state index in [1.807, 2.05) is 12.3 Å². The van der Waals surface area contributed by atoms with Gasteiger partial charge >= 0.3 is 0 Å². The average Bonchev–Trinajstić information content (AvgIpc) is 2.43. The average molecular weight is 270 g/mol. The van der Waals surface area contributed by atoms with Gasteiger partial charge in [-0.2, -0.15) is 0 Å². The molecular formula is C18H26N2. The molecule has 0 bridgehead atoms. The van der Waals surface area contributed by atoms with Crippen LogP contribution in [0.1, 0.15) is 45.7 Å². The van der Waals surface area contributed by atoms with E-state index in [4.69, 9.17) is 0 Å². The fourth-order valence-corrected chi connectivity index (χ4v) is 2.54. The number of rotatable bonds is 4. The van der Waals surface area contributed by atoms with Crippen molar-refractivity contribution in [1.82, 2.24) is 10.3 Å². The van der Waals surface area contributed by atoms with Gasteiger partial charge in [0.15, 0.2) is 0 Å². The van der Waals surface area contributed by atoms with E-state index in [9.17, 15) is 0 Å². The second-order valence-corrected chi connectivity index (χ2v) is 6.76. The number of nitrogens with zero attached hydrogens (tertiary/aromatic N) is 1. The highest BCUT2D eigenvalue weighted by molar-refractivity contribution is 5.82. The molecule has 108 valence electrons. The predicted octanol–water partition coefficient (Wildman–Crippen LogP) is 4.57. The lowest BCUT2D eigenvalue weighted by atomic mass is 9.77. The van der Waals surface area contributed by atoms with E-state index in [0.717, 1.165) is 11.9 Å². The van der Waals surface area contributed by atoms with Gasteiger partial charge in [0.1, 0.15) is 0 Å². The first-order valence-electron chi connectivity index (χ1n) is 7.44. The normalized spacial score (nSPS) is 15.2. The Morgan fingerprint density at radius 2 is 1.90 bits per heavy atom. The Morgan fingerprint density at radius 1 is 1.15 bits per heavy atom. The lowest BCUT2D eigenvalue weighted by Gasteiger charge is -2.31. The molecule has 0 aliphatic carbocycles. The van der Waals surface area contributed by atoms with Crippen LogP contribution in [0.4, 0.5) is 0 Å². The molecule has 2 atom stereocenters. The van der Waals surface area contributed by atoms with Crippen LogP contribution in [0.15, 0.2) is 36.5 Å². The van der Waals surface area contributed by atoms with Gasteiger partial charge < -0.3 is 5.32 Å². The summed E-state index contributed by atoms with van der Waals surface area (Å²) < 4.78 is 0. The topological polar surface area (TPSA) is 24.9 Å². The van der Waals surface area contributed by atoms with E-state index in [-0.39, 0.29) is 0 Å². The van der Waals surface area contributed by atoms with Crippen molar-refractivity contribution in [3.63, 3.8) is 0 Å². The minimum atomic E-state index is 0.331. The highest BCUT2D eigenvalue weighted by atomic mass is 14.9. The largest absolute Gasteiger partial charge is 0.313 e. The second kappa shape index (κ2) is 5.92. The zero-order valence-corrected chi connectivity index (χ0v) is 13.3. The molecule has 2 aromatic rings. The smallest absolute Gasteiger partial charge is 0.0705 e. The number of nitrogens with one attached hydrogen (secondary N) is 1. The third-order valence-corrected chi connectivity index (χ3v) is 4.47. The molecule has 1 aromatic heterocycles. The summed E-state index contributed by atoms with van der Waals surface area (Å²) in [6, 6.07) is 11.0. The van der Waals surface area contributed by atoms with Crippen LogP contribution in [0.2, 0.25) is 0 Å². The molecule has 0 aliphatic rings. The van der Waals surface area contributed by atoms with Gasteiger partial charge in [0, 0.05) is 17.6 Å². The predicted molar refractivity (Wildman–Crippen MR) is 86.8 cm³/mol. The van der Waals surface area contributed by atoms with E-state index < -0.39 is 0 Å². The summed E-state index contributed by atoms with van der Waals surface area (Å²) >= 11 is 0. The number of hydrogen-bond donors (Lipinski definition) is 1. The first-order valence-corrected chi connectivity index (χ1v) is 7.44. The maximum atomic E-state index is 4.46. The number of pyridine rings is 1. The number of fused-ring (bicyclic) bond motifs is 1. The molecule has 0 spiro atoms. The van der Waals surface area contributed by atoms with Crippen LogP contribution < -0.4 is 5.32 Å². The zero-order valence-electron chi connectivity index (χ0n) is 13.3. The first kappa shape index (κ1) is 15.0. The molecule has 1 aromatic carbocycles. The molecule has 0 fully saturated rings. The van der Waals surface area contributed by atoms with Crippen molar-refractivity contribution < 1.29 is 0 Å². The Morgan fingerprint density at radius 3 is 2.55 bits per heavy atom. The van der Waals surface area contributed by atoms with Crippen molar-refractivity contribution in [2.24, 2.45) is 11.3 Å².